The standard InChI is InChI=1S/C20H23F3N4O2/c1-10-7-27-16-12-6-13(22)11(2)14(23)15(12)25(4)18(28)17(16)26(5)19(29)20(27,8-21)9-24(10)3/h6,10H,7-9H2,1-5H3. The van der Waals surface area contributed by atoms with E-state index in [-0.39, 0.29) is 47.0 Å². The summed E-state index contributed by atoms with van der Waals surface area (Å²) in [7, 11) is 4.59. The van der Waals surface area contributed by atoms with Crippen molar-refractivity contribution in [2.75, 3.05) is 43.7 Å². The van der Waals surface area contributed by atoms with Gasteiger partial charge in [0.05, 0.1) is 11.2 Å². The van der Waals surface area contributed by atoms with E-state index in [2.05, 4.69) is 0 Å². The Bertz CT molecular complexity index is 1120. The number of alkyl halides is 1. The van der Waals surface area contributed by atoms with Crippen LogP contribution in [-0.2, 0) is 11.8 Å². The van der Waals surface area contributed by atoms with Gasteiger partial charge in [-0.1, -0.05) is 0 Å². The third-order valence-corrected chi connectivity index (χ3v) is 6.50. The van der Waals surface area contributed by atoms with E-state index in [4.69, 9.17) is 0 Å². The Hall–Kier alpha value is -2.55. The fourth-order valence-electron chi connectivity index (χ4n) is 4.58. The molecular formula is C20H23F3N4O2. The third-order valence-electron chi connectivity index (χ3n) is 6.50. The number of halogens is 3. The molecule has 0 spiro atoms. The molecule has 0 saturated carbocycles. The number of pyridine rings is 1. The van der Waals surface area contributed by atoms with Crippen molar-refractivity contribution in [3.63, 3.8) is 0 Å². The summed E-state index contributed by atoms with van der Waals surface area (Å²) in [5.74, 6) is -2.14. The largest absolute Gasteiger partial charge is 0.350 e. The fraction of sp³-hybridized carbons (Fsp3) is 0.500. The first-order valence-corrected chi connectivity index (χ1v) is 9.40. The van der Waals surface area contributed by atoms with Gasteiger partial charge in [0.15, 0.2) is 11.4 Å². The molecule has 3 heterocycles. The number of aromatic nitrogens is 1. The minimum absolute atomic E-state index is 0.00785. The van der Waals surface area contributed by atoms with Gasteiger partial charge < -0.3 is 14.4 Å². The van der Waals surface area contributed by atoms with E-state index in [0.29, 0.717) is 0 Å². The van der Waals surface area contributed by atoms with E-state index >= 15 is 4.39 Å². The van der Waals surface area contributed by atoms with Crippen molar-refractivity contribution in [3.8, 4) is 0 Å². The zero-order chi connectivity index (χ0) is 21.4. The van der Waals surface area contributed by atoms with Crippen molar-refractivity contribution >= 4 is 28.2 Å². The van der Waals surface area contributed by atoms with E-state index in [1.165, 1.54) is 27.1 Å². The van der Waals surface area contributed by atoms with E-state index in [1.54, 1.807) is 11.9 Å². The molecular weight excluding hydrogens is 385 g/mol. The van der Waals surface area contributed by atoms with E-state index < -0.39 is 35.3 Å². The van der Waals surface area contributed by atoms with Crippen LogP contribution in [0.3, 0.4) is 0 Å². The number of piperazine rings is 1. The number of rotatable bonds is 1. The zero-order valence-corrected chi connectivity index (χ0v) is 17.0. The fourth-order valence-corrected chi connectivity index (χ4v) is 4.58. The van der Waals surface area contributed by atoms with E-state index in [0.717, 1.165) is 9.47 Å². The Morgan fingerprint density at radius 2 is 1.83 bits per heavy atom. The van der Waals surface area contributed by atoms with Gasteiger partial charge >= 0.3 is 0 Å². The maximum absolute atomic E-state index is 15.0. The number of carbonyl (C=O) groups is 1. The number of aryl methyl sites for hydroxylation is 1. The Kier molecular flexibility index (Phi) is 4.24. The molecule has 6 nitrogen and oxygen atoms in total. The molecule has 29 heavy (non-hydrogen) atoms. The predicted molar refractivity (Wildman–Crippen MR) is 105 cm³/mol. The van der Waals surface area contributed by atoms with Gasteiger partial charge in [-0.25, -0.2) is 13.2 Å². The molecule has 2 aliphatic heterocycles. The first kappa shape index (κ1) is 19.8. The number of benzene rings is 1. The molecule has 2 atom stereocenters. The van der Waals surface area contributed by atoms with E-state index in [9.17, 15) is 18.4 Å². The molecule has 156 valence electrons. The molecule has 2 unspecified atom stereocenters. The summed E-state index contributed by atoms with van der Waals surface area (Å²) in [5, 5.41) is 0.150. The molecule has 1 amide bonds. The number of anilines is 2. The highest BCUT2D eigenvalue weighted by atomic mass is 19.1. The number of amides is 1. The van der Waals surface area contributed by atoms with Crippen LogP contribution in [0.2, 0.25) is 0 Å². The first-order valence-electron chi connectivity index (χ1n) is 9.40. The van der Waals surface area contributed by atoms with Crippen LogP contribution in [0.15, 0.2) is 10.9 Å². The Balaban J connectivity index is 2.19. The van der Waals surface area contributed by atoms with Crippen LogP contribution in [-0.4, -0.2) is 60.8 Å². The normalized spacial score (nSPS) is 24.8. The number of fused-ring (bicyclic) bond motifs is 5. The van der Waals surface area contributed by atoms with Gasteiger partial charge in [-0.3, -0.25) is 14.5 Å². The summed E-state index contributed by atoms with van der Waals surface area (Å²) in [4.78, 5) is 30.9. The summed E-state index contributed by atoms with van der Waals surface area (Å²) in [6.45, 7) is 2.57. The molecule has 0 aliphatic carbocycles. The molecule has 0 radical (unpaired) electrons. The quantitative estimate of drug-likeness (QED) is 0.724. The second-order valence-electron chi connectivity index (χ2n) is 8.16. The number of hydrogen-bond acceptors (Lipinski definition) is 4. The molecule has 1 aromatic heterocycles. The summed E-state index contributed by atoms with van der Waals surface area (Å²) < 4.78 is 45.1. The highest BCUT2D eigenvalue weighted by Crippen LogP contribution is 2.45. The summed E-state index contributed by atoms with van der Waals surface area (Å²) in [5.41, 5.74) is -2.19. The lowest BCUT2D eigenvalue weighted by Gasteiger charge is -2.55. The third kappa shape index (κ3) is 2.33. The van der Waals surface area contributed by atoms with Crippen LogP contribution in [0.4, 0.5) is 24.5 Å². The molecule has 2 aliphatic rings. The van der Waals surface area contributed by atoms with Crippen molar-refractivity contribution in [2.45, 2.75) is 25.4 Å². The van der Waals surface area contributed by atoms with Crippen molar-refractivity contribution in [2.24, 2.45) is 7.05 Å². The lowest BCUT2D eigenvalue weighted by Crippen LogP contribution is -2.74. The van der Waals surface area contributed by atoms with Crippen LogP contribution in [0.25, 0.3) is 10.9 Å². The molecule has 1 fully saturated rings. The number of carbonyl (C=O) groups excluding carboxylic acids is 1. The molecule has 4 rings (SSSR count). The Morgan fingerprint density at radius 3 is 2.45 bits per heavy atom. The molecule has 0 bridgehead atoms. The van der Waals surface area contributed by atoms with Crippen LogP contribution < -0.4 is 15.4 Å². The van der Waals surface area contributed by atoms with Crippen LogP contribution >= 0.6 is 0 Å². The minimum Gasteiger partial charge on any atom is -0.350 e. The molecule has 0 N–H and O–H groups in total. The van der Waals surface area contributed by atoms with Gasteiger partial charge in [-0.15, -0.1) is 0 Å². The average Bonchev–Trinajstić information content (AvgIpc) is 2.68. The van der Waals surface area contributed by atoms with Crippen LogP contribution in [0.5, 0.6) is 0 Å². The summed E-state index contributed by atoms with van der Waals surface area (Å²) in [6.07, 6.45) is 0. The summed E-state index contributed by atoms with van der Waals surface area (Å²) in [6, 6.07) is 1.11. The topological polar surface area (TPSA) is 48.8 Å². The highest BCUT2D eigenvalue weighted by Gasteiger charge is 2.55. The second kappa shape index (κ2) is 6.22. The number of hydrogen-bond donors (Lipinski definition) is 0. The number of nitrogens with zero attached hydrogens (tertiary/aromatic N) is 4. The van der Waals surface area contributed by atoms with Crippen LogP contribution in [0.1, 0.15) is 12.5 Å². The van der Waals surface area contributed by atoms with Gasteiger partial charge in [0.1, 0.15) is 18.2 Å². The predicted octanol–water partition coefficient (Wildman–Crippen LogP) is 1.95. The van der Waals surface area contributed by atoms with Gasteiger partial charge in [-0.05, 0) is 27.0 Å². The number of likely N-dealkylation sites (N-methyl/N-ethyl adjacent to an activating group) is 2. The molecule has 1 saturated heterocycles. The first-order chi connectivity index (χ1) is 13.6. The minimum atomic E-state index is -1.56. The smallest absolute Gasteiger partial charge is 0.277 e. The lowest BCUT2D eigenvalue weighted by molar-refractivity contribution is -0.126. The second-order valence-corrected chi connectivity index (χ2v) is 8.16. The highest BCUT2D eigenvalue weighted by molar-refractivity contribution is 6.14. The van der Waals surface area contributed by atoms with Gasteiger partial charge in [0, 0.05) is 44.2 Å². The van der Waals surface area contributed by atoms with Gasteiger partial charge in [0.2, 0.25) is 0 Å². The Labute approximate surface area is 166 Å². The van der Waals surface area contributed by atoms with Crippen molar-refractivity contribution in [3.05, 3.63) is 33.6 Å². The maximum atomic E-state index is 15.0. The average molecular weight is 408 g/mol. The molecule has 1 aromatic carbocycles. The zero-order valence-electron chi connectivity index (χ0n) is 17.0. The molecule has 2 aromatic rings. The Morgan fingerprint density at radius 1 is 1.17 bits per heavy atom. The monoisotopic (exact) mass is 408 g/mol. The van der Waals surface area contributed by atoms with Crippen molar-refractivity contribution in [1.29, 1.82) is 0 Å². The SMILES string of the molecule is Cc1c(F)cc2c3c(c(=O)n(C)c2c1F)N(C)C(=O)C1(CF)CN(C)C(C)CN31. The van der Waals surface area contributed by atoms with Crippen molar-refractivity contribution in [1.82, 2.24) is 9.47 Å². The van der Waals surface area contributed by atoms with Gasteiger partial charge in [-0.2, -0.15) is 0 Å². The lowest BCUT2D eigenvalue weighted by atomic mass is 9.87. The van der Waals surface area contributed by atoms with Crippen LogP contribution in [0, 0.1) is 18.6 Å². The van der Waals surface area contributed by atoms with E-state index in [1.807, 2.05) is 11.8 Å². The van der Waals surface area contributed by atoms with Gasteiger partial charge in [0.25, 0.3) is 11.5 Å². The summed E-state index contributed by atoms with van der Waals surface area (Å²) >= 11 is 0. The maximum Gasteiger partial charge on any atom is 0.277 e. The molecule has 9 heteroatoms. The van der Waals surface area contributed by atoms with Crippen molar-refractivity contribution < 1.29 is 18.0 Å².